The Morgan fingerprint density at radius 2 is 2.10 bits per heavy atom. The molecule has 0 saturated carbocycles. The first-order chi connectivity index (χ1) is 15.0. The predicted octanol–water partition coefficient (Wildman–Crippen LogP) is 4.22. The van der Waals surface area contributed by atoms with Gasteiger partial charge in [0.1, 0.15) is 5.39 Å². The number of hydrogen-bond acceptors (Lipinski definition) is 5. The minimum atomic E-state index is -0.272. The van der Waals surface area contributed by atoms with Crippen molar-refractivity contribution >= 4 is 46.0 Å². The highest BCUT2D eigenvalue weighted by atomic mass is 35.5. The summed E-state index contributed by atoms with van der Waals surface area (Å²) >= 11 is 7.46. The number of benzene rings is 2. The Balaban J connectivity index is 1.45. The van der Waals surface area contributed by atoms with Crippen molar-refractivity contribution in [3.05, 3.63) is 75.7 Å². The number of hydrogen-bond donors (Lipinski definition) is 1. The van der Waals surface area contributed by atoms with Crippen molar-refractivity contribution in [2.24, 2.45) is 0 Å². The average molecular weight is 452 g/mol. The van der Waals surface area contributed by atoms with Crippen LogP contribution < -0.4 is 10.9 Å². The maximum absolute atomic E-state index is 13.2. The second-order valence-electron chi connectivity index (χ2n) is 7.43. The second-order valence-corrected chi connectivity index (χ2v) is 8.85. The highest BCUT2D eigenvalue weighted by Gasteiger charge is 2.29. The SMILES string of the molecule is Cc1cccc(-n2ncc3c(=O)n4c(nc32)SCC4CC(=O)Nc2cccc(Cl)c2)c1. The molecule has 2 aromatic carbocycles. The second kappa shape index (κ2) is 7.86. The van der Waals surface area contributed by atoms with Crippen molar-refractivity contribution in [2.45, 2.75) is 24.5 Å². The van der Waals surface area contributed by atoms with Gasteiger partial charge in [-0.3, -0.25) is 14.2 Å². The topological polar surface area (TPSA) is 81.8 Å². The van der Waals surface area contributed by atoms with Gasteiger partial charge >= 0.3 is 0 Å². The Kier molecular flexibility index (Phi) is 5.03. The third-order valence-electron chi connectivity index (χ3n) is 5.15. The molecule has 1 unspecified atom stereocenters. The number of fused-ring (bicyclic) bond motifs is 2. The summed E-state index contributed by atoms with van der Waals surface area (Å²) in [6.07, 6.45) is 1.72. The first kappa shape index (κ1) is 19.8. The molecule has 1 atom stereocenters. The first-order valence-electron chi connectivity index (χ1n) is 9.75. The van der Waals surface area contributed by atoms with E-state index in [-0.39, 0.29) is 23.9 Å². The van der Waals surface area contributed by atoms with Gasteiger partial charge in [0.25, 0.3) is 5.56 Å². The molecule has 1 amide bonds. The monoisotopic (exact) mass is 451 g/mol. The normalized spacial score (nSPS) is 15.2. The summed E-state index contributed by atoms with van der Waals surface area (Å²) in [5.74, 6) is 0.429. The van der Waals surface area contributed by atoms with Crippen molar-refractivity contribution in [3.8, 4) is 5.69 Å². The Morgan fingerprint density at radius 3 is 2.90 bits per heavy atom. The molecule has 1 aliphatic heterocycles. The Morgan fingerprint density at radius 1 is 1.26 bits per heavy atom. The summed E-state index contributed by atoms with van der Waals surface area (Å²) < 4.78 is 3.30. The third kappa shape index (κ3) is 3.73. The number of aryl methyl sites for hydroxylation is 1. The molecular formula is C22H18ClN5O2S. The van der Waals surface area contributed by atoms with Crippen molar-refractivity contribution < 1.29 is 4.79 Å². The van der Waals surface area contributed by atoms with E-state index in [1.54, 1.807) is 39.7 Å². The Bertz CT molecular complexity index is 1380. The van der Waals surface area contributed by atoms with Gasteiger partial charge < -0.3 is 5.32 Å². The molecule has 1 N–H and O–H groups in total. The smallest absolute Gasteiger partial charge is 0.265 e. The lowest BCUT2D eigenvalue weighted by Crippen LogP contribution is -2.27. The number of nitrogens with one attached hydrogen (secondary N) is 1. The van der Waals surface area contributed by atoms with Crippen LogP contribution in [0, 0.1) is 6.92 Å². The number of nitrogens with zero attached hydrogens (tertiary/aromatic N) is 4. The van der Waals surface area contributed by atoms with E-state index in [0.29, 0.717) is 32.7 Å². The van der Waals surface area contributed by atoms with Crippen LogP contribution in [0.4, 0.5) is 5.69 Å². The van der Waals surface area contributed by atoms with Gasteiger partial charge in [0, 0.05) is 22.9 Å². The van der Waals surface area contributed by atoms with Gasteiger partial charge in [-0.1, -0.05) is 41.6 Å². The van der Waals surface area contributed by atoms with Crippen LogP contribution in [-0.4, -0.2) is 31.0 Å². The van der Waals surface area contributed by atoms with Gasteiger partial charge in [-0.2, -0.15) is 5.10 Å². The average Bonchev–Trinajstić information content (AvgIpc) is 3.33. The molecule has 1 aliphatic rings. The minimum Gasteiger partial charge on any atom is -0.326 e. The number of rotatable bonds is 4. The fourth-order valence-corrected chi connectivity index (χ4v) is 5.04. The van der Waals surface area contributed by atoms with E-state index in [0.717, 1.165) is 11.3 Å². The third-order valence-corrected chi connectivity index (χ3v) is 6.48. The van der Waals surface area contributed by atoms with Crippen LogP contribution in [0.5, 0.6) is 0 Å². The standard InChI is InChI=1S/C22H18ClN5O2S/c1-13-4-2-7-16(8-13)28-20-18(11-24-28)21(30)27-17(12-31-22(27)26-20)10-19(29)25-15-6-3-5-14(23)9-15/h2-9,11,17H,10,12H2,1H3,(H,25,29). The fraction of sp³-hybridized carbons (Fsp3) is 0.182. The first-order valence-corrected chi connectivity index (χ1v) is 11.1. The van der Waals surface area contributed by atoms with E-state index >= 15 is 0 Å². The van der Waals surface area contributed by atoms with Crippen LogP contribution in [0.15, 0.2) is 64.7 Å². The quantitative estimate of drug-likeness (QED) is 0.470. The van der Waals surface area contributed by atoms with Gasteiger partial charge in [-0.15, -0.1) is 0 Å². The molecule has 2 aromatic heterocycles. The van der Waals surface area contributed by atoms with Crippen molar-refractivity contribution in [1.29, 1.82) is 0 Å². The molecule has 9 heteroatoms. The Hall–Kier alpha value is -3.10. The van der Waals surface area contributed by atoms with E-state index in [4.69, 9.17) is 16.6 Å². The molecule has 0 radical (unpaired) electrons. The maximum Gasteiger partial charge on any atom is 0.265 e. The van der Waals surface area contributed by atoms with E-state index < -0.39 is 0 Å². The lowest BCUT2D eigenvalue weighted by molar-refractivity contribution is -0.116. The van der Waals surface area contributed by atoms with E-state index in [9.17, 15) is 9.59 Å². The minimum absolute atomic E-state index is 0.172. The molecule has 4 aromatic rings. The van der Waals surface area contributed by atoms with Crippen LogP contribution in [0.2, 0.25) is 5.02 Å². The lowest BCUT2D eigenvalue weighted by atomic mass is 10.2. The summed E-state index contributed by atoms with van der Waals surface area (Å²) in [6.45, 7) is 2.00. The summed E-state index contributed by atoms with van der Waals surface area (Å²) in [7, 11) is 0. The number of amides is 1. The lowest BCUT2D eigenvalue weighted by Gasteiger charge is -2.13. The summed E-state index contributed by atoms with van der Waals surface area (Å²) in [5, 5.41) is 8.83. The number of halogens is 1. The summed E-state index contributed by atoms with van der Waals surface area (Å²) in [4.78, 5) is 30.5. The predicted molar refractivity (Wildman–Crippen MR) is 122 cm³/mol. The van der Waals surface area contributed by atoms with Gasteiger partial charge in [0.15, 0.2) is 10.8 Å². The van der Waals surface area contributed by atoms with E-state index in [1.165, 1.54) is 11.8 Å². The van der Waals surface area contributed by atoms with Crippen LogP contribution >= 0.6 is 23.4 Å². The zero-order chi connectivity index (χ0) is 21.5. The molecular weight excluding hydrogens is 434 g/mol. The molecule has 156 valence electrons. The van der Waals surface area contributed by atoms with Gasteiger partial charge in [-0.25, -0.2) is 9.67 Å². The van der Waals surface area contributed by atoms with Crippen molar-refractivity contribution in [3.63, 3.8) is 0 Å². The molecule has 3 heterocycles. The van der Waals surface area contributed by atoms with Gasteiger partial charge in [-0.05, 0) is 42.8 Å². The molecule has 0 bridgehead atoms. The van der Waals surface area contributed by atoms with Gasteiger partial charge in [0.2, 0.25) is 5.91 Å². The molecule has 7 nitrogen and oxygen atoms in total. The molecule has 0 spiro atoms. The molecule has 5 rings (SSSR count). The number of carbonyl (C=O) groups is 1. The number of thioether (sulfide) groups is 1. The van der Waals surface area contributed by atoms with E-state index in [1.807, 2.05) is 31.2 Å². The molecule has 0 fully saturated rings. The summed E-state index contributed by atoms with van der Waals surface area (Å²) in [6, 6.07) is 14.6. The number of carbonyl (C=O) groups excluding carboxylic acids is 1. The van der Waals surface area contributed by atoms with Gasteiger partial charge in [0.05, 0.1) is 17.9 Å². The zero-order valence-corrected chi connectivity index (χ0v) is 18.2. The van der Waals surface area contributed by atoms with Crippen molar-refractivity contribution in [2.75, 3.05) is 11.1 Å². The molecule has 0 aliphatic carbocycles. The maximum atomic E-state index is 13.2. The molecule has 0 saturated heterocycles. The largest absolute Gasteiger partial charge is 0.326 e. The fourth-order valence-electron chi connectivity index (χ4n) is 3.72. The van der Waals surface area contributed by atoms with Crippen LogP contribution in [-0.2, 0) is 4.79 Å². The number of anilines is 1. The zero-order valence-electron chi connectivity index (χ0n) is 16.6. The van der Waals surface area contributed by atoms with Crippen molar-refractivity contribution in [1.82, 2.24) is 19.3 Å². The highest BCUT2D eigenvalue weighted by molar-refractivity contribution is 7.99. The number of aromatic nitrogens is 4. The van der Waals surface area contributed by atoms with Crippen LogP contribution in [0.1, 0.15) is 18.0 Å². The highest BCUT2D eigenvalue weighted by Crippen LogP contribution is 2.33. The van der Waals surface area contributed by atoms with E-state index in [2.05, 4.69) is 10.4 Å². The van der Waals surface area contributed by atoms with Crippen LogP contribution in [0.3, 0.4) is 0 Å². The summed E-state index contributed by atoms with van der Waals surface area (Å²) in [5.41, 5.74) is 2.93. The molecule has 31 heavy (non-hydrogen) atoms. The Labute approximate surface area is 187 Å². The van der Waals surface area contributed by atoms with Crippen LogP contribution in [0.25, 0.3) is 16.7 Å².